The highest BCUT2D eigenvalue weighted by Crippen LogP contribution is 2.19. The Kier molecular flexibility index (Phi) is 9.48. The minimum Gasteiger partial charge on any atom is -0.385 e. The second kappa shape index (κ2) is 12.5. The molecular formula is C26H29ClN2O3S. The van der Waals surface area contributed by atoms with E-state index in [1.165, 1.54) is 4.88 Å². The first-order valence-electron chi connectivity index (χ1n) is 10.9. The number of nitrogens with zero attached hydrogens (tertiary/aromatic N) is 2. The molecule has 0 fully saturated rings. The molecule has 2 aromatic carbocycles. The minimum absolute atomic E-state index is 0.00769. The molecule has 3 rings (SSSR count). The lowest BCUT2D eigenvalue weighted by Gasteiger charge is -2.28. The van der Waals surface area contributed by atoms with Crippen LogP contribution < -0.4 is 0 Å². The van der Waals surface area contributed by atoms with Gasteiger partial charge >= 0.3 is 0 Å². The van der Waals surface area contributed by atoms with Crippen LogP contribution in [0.15, 0.2) is 66.7 Å². The third kappa shape index (κ3) is 7.70. The van der Waals surface area contributed by atoms with Crippen molar-refractivity contribution < 1.29 is 14.3 Å². The van der Waals surface area contributed by atoms with Crippen LogP contribution in [0.4, 0.5) is 0 Å². The van der Waals surface area contributed by atoms with E-state index in [1.807, 2.05) is 35.2 Å². The molecule has 0 aliphatic rings. The van der Waals surface area contributed by atoms with Gasteiger partial charge in [-0.1, -0.05) is 48.0 Å². The molecule has 0 bridgehead atoms. The molecule has 0 saturated heterocycles. The van der Waals surface area contributed by atoms with Crippen molar-refractivity contribution in [2.75, 3.05) is 26.8 Å². The van der Waals surface area contributed by atoms with Crippen LogP contribution in [-0.4, -0.2) is 48.4 Å². The largest absolute Gasteiger partial charge is 0.385 e. The quantitative estimate of drug-likeness (QED) is 0.341. The van der Waals surface area contributed by atoms with Gasteiger partial charge in [0, 0.05) is 47.1 Å². The predicted octanol–water partition coefficient (Wildman–Crippen LogP) is 5.42. The molecule has 1 aromatic heterocycles. The molecule has 33 heavy (non-hydrogen) atoms. The molecule has 3 aromatic rings. The lowest BCUT2D eigenvalue weighted by atomic mass is 10.2. The van der Waals surface area contributed by atoms with Crippen molar-refractivity contribution in [2.24, 2.45) is 0 Å². The average molecular weight is 485 g/mol. The summed E-state index contributed by atoms with van der Waals surface area (Å²) in [7, 11) is 1.62. The van der Waals surface area contributed by atoms with Crippen molar-refractivity contribution in [3.63, 3.8) is 0 Å². The maximum absolute atomic E-state index is 13.5. The first-order valence-corrected chi connectivity index (χ1v) is 12.1. The Bertz CT molecular complexity index is 1050. The lowest BCUT2D eigenvalue weighted by Crippen LogP contribution is -2.43. The highest BCUT2D eigenvalue weighted by molar-refractivity contribution is 7.11. The number of amides is 2. The summed E-state index contributed by atoms with van der Waals surface area (Å²) in [5.74, 6) is -0.314. The number of methoxy groups -OCH3 is 1. The molecule has 174 valence electrons. The summed E-state index contributed by atoms with van der Waals surface area (Å²) in [6.07, 6.45) is 0.638. The SMILES string of the molecule is COCCCN(CC(=O)N(Cc1ccccc1)Cc1ccc(C)s1)C(=O)c1cccc(Cl)c1. The Morgan fingerprint density at radius 1 is 0.970 bits per heavy atom. The number of carbonyl (C=O) groups excluding carboxylic acids is 2. The van der Waals surface area contributed by atoms with E-state index in [9.17, 15) is 9.59 Å². The van der Waals surface area contributed by atoms with E-state index in [0.29, 0.717) is 43.2 Å². The molecule has 5 nitrogen and oxygen atoms in total. The normalized spacial score (nSPS) is 10.8. The van der Waals surface area contributed by atoms with Crippen LogP contribution in [0.1, 0.15) is 32.1 Å². The van der Waals surface area contributed by atoms with Crippen molar-refractivity contribution in [1.29, 1.82) is 0 Å². The zero-order valence-corrected chi connectivity index (χ0v) is 20.6. The summed E-state index contributed by atoms with van der Waals surface area (Å²) < 4.78 is 5.16. The molecule has 0 unspecified atom stereocenters. The molecule has 0 N–H and O–H groups in total. The molecule has 0 spiro atoms. The van der Waals surface area contributed by atoms with Gasteiger partial charge in [-0.3, -0.25) is 9.59 Å². The summed E-state index contributed by atoms with van der Waals surface area (Å²) in [5, 5.41) is 0.489. The highest BCUT2D eigenvalue weighted by Gasteiger charge is 2.23. The van der Waals surface area contributed by atoms with E-state index in [0.717, 1.165) is 10.4 Å². The average Bonchev–Trinajstić information content (AvgIpc) is 3.22. The summed E-state index contributed by atoms with van der Waals surface area (Å²) in [6, 6.07) is 20.8. The molecular weight excluding hydrogens is 456 g/mol. The number of ether oxygens (including phenoxy) is 1. The van der Waals surface area contributed by atoms with E-state index < -0.39 is 0 Å². The number of thiophene rings is 1. The minimum atomic E-state index is -0.214. The molecule has 7 heteroatoms. The third-order valence-corrected chi connectivity index (χ3v) is 6.39. The van der Waals surface area contributed by atoms with Gasteiger partial charge < -0.3 is 14.5 Å². The number of aryl methyl sites for hydroxylation is 1. The van der Waals surface area contributed by atoms with Crippen molar-refractivity contribution >= 4 is 34.8 Å². The van der Waals surface area contributed by atoms with Gasteiger partial charge in [-0.15, -0.1) is 11.3 Å². The summed E-state index contributed by atoms with van der Waals surface area (Å²) in [6.45, 7) is 3.96. The maximum atomic E-state index is 13.5. The summed E-state index contributed by atoms with van der Waals surface area (Å²) in [4.78, 5) is 32.4. The van der Waals surface area contributed by atoms with Gasteiger partial charge in [-0.2, -0.15) is 0 Å². The van der Waals surface area contributed by atoms with Crippen LogP contribution in [0.2, 0.25) is 5.02 Å². The monoisotopic (exact) mass is 484 g/mol. The fraction of sp³-hybridized carbons (Fsp3) is 0.308. The fourth-order valence-electron chi connectivity index (χ4n) is 3.51. The molecule has 1 heterocycles. The zero-order valence-electron chi connectivity index (χ0n) is 19.0. The number of halogens is 1. The second-order valence-electron chi connectivity index (χ2n) is 7.83. The van der Waals surface area contributed by atoms with Crippen LogP contribution in [0, 0.1) is 6.92 Å². The van der Waals surface area contributed by atoms with E-state index in [2.05, 4.69) is 19.1 Å². The van der Waals surface area contributed by atoms with Crippen molar-refractivity contribution in [3.05, 3.63) is 92.6 Å². The molecule has 0 saturated carbocycles. The Hall–Kier alpha value is -2.67. The lowest BCUT2D eigenvalue weighted by molar-refractivity contribution is -0.133. The number of hydrogen-bond donors (Lipinski definition) is 0. The third-order valence-electron chi connectivity index (χ3n) is 5.17. The fourth-order valence-corrected chi connectivity index (χ4v) is 4.61. The zero-order chi connectivity index (χ0) is 23.6. The van der Waals surface area contributed by atoms with Crippen LogP contribution in [0.3, 0.4) is 0 Å². The Labute approximate surface area is 204 Å². The van der Waals surface area contributed by atoms with E-state index >= 15 is 0 Å². The summed E-state index contributed by atoms with van der Waals surface area (Å²) >= 11 is 7.77. The van der Waals surface area contributed by atoms with E-state index in [4.69, 9.17) is 16.3 Å². The number of hydrogen-bond acceptors (Lipinski definition) is 4. The Balaban J connectivity index is 1.80. The van der Waals surface area contributed by atoms with Crippen molar-refractivity contribution in [1.82, 2.24) is 9.80 Å². The Morgan fingerprint density at radius 3 is 2.42 bits per heavy atom. The van der Waals surface area contributed by atoms with Gasteiger partial charge in [-0.05, 0) is 49.2 Å². The van der Waals surface area contributed by atoms with Gasteiger partial charge in [0.25, 0.3) is 5.91 Å². The topological polar surface area (TPSA) is 49.9 Å². The first-order chi connectivity index (χ1) is 16.0. The maximum Gasteiger partial charge on any atom is 0.254 e. The molecule has 0 atom stereocenters. The number of benzene rings is 2. The summed E-state index contributed by atoms with van der Waals surface area (Å²) in [5.41, 5.74) is 1.52. The van der Waals surface area contributed by atoms with Gasteiger partial charge in [-0.25, -0.2) is 0 Å². The van der Waals surface area contributed by atoms with Crippen LogP contribution in [-0.2, 0) is 22.6 Å². The van der Waals surface area contributed by atoms with Crippen LogP contribution in [0.5, 0.6) is 0 Å². The van der Waals surface area contributed by atoms with E-state index in [-0.39, 0.29) is 18.4 Å². The standard InChI is InChI=1S/C26H29ClN2O3S/c1-20-12-13-24(33-20)18-29(17-21-8-4-3-5-9-21)25(30)19-28(14-7-15-32-2)26(31)22-10-6-11-23(27)16-22/h3-6,8-13,16H,7,14-15,17-19H2,1-2H3. The van der Waals surface area contributed by atoms with Gasteiger partial charge in [0.1, 0.15) is 6.54 Å². The van der Waals surface area contributed by atoms with Crippen LogP contribution in [0.25, 0.3) is 0 Å². The van der Waals surface area contributed by atoms with Gasteiger partial charge in [0.05, 0.1) is 6.54 Å². The first kappa shape index (κ1) is 25.0. The molecule has 0 radical (unpaired) electrons. The van der Waals surface area contributed by atoms with Crippen molar-refractivity contribution in [3.8, 4) is 0 Å². The highest BCUT2D eigenvalue weighted by atomic mass is 35.5. The molecule has 2 amide bonds. The second-order valence-corrected chi connectivity index (χ2v) is 9.64. The predicted molar refractivity (Wildman–Crippen MR) is 134 cm³/mol. The number of carbonyl (C=O) groups is 2. The van der Waals surface area contributed by atoms with Gasteiger partial charge in [0.15, 0.2) is 0 Å². The van der Waals surface area contributed by atoms with Gasteiger partial charge in [0.2, 0.25) is 5.91 Å². The Morgan fingerprint density at radius 2 is 1.76 bits per heavy atom. The smallest absolute Gasteiger partial charge is 0.254 e. The van der Waals surface area contributed by atoms with Crippen molar-refractivity contribution in [2.45, 2.75) is 26.4 Å². The van der Waals surface area contributed by atoms with E-state index in [1.54, 1.807) is 47.6 Å². The molecule has 0 aliphatic carbocycles. The molecule has 0 aliphatic heterocycles. The number of rotatable bonds is 11. The van der Waals surface area contributed by atoms with Crippen LogP contribution >= 0.6 is 22.9 Å².